The minimum Gasteiger partial charge on any atom is -0.459 e. The molecule has 1 atom stereocenters. The number of ether oxygens (including phenoxy) is 2. The Morgan fingerprint density at radius 1 is 1.00 bits per heavy atom. The number of esters is 1. The highest BCUT2D eigenvalue weighted by Crippen LogP contribution is 2.19. The van der Waals surface area contributed by atoms with Gasteiger partial charge in [-0.25, -0.2) is 9.59 Å². The van der Waals surface area contributed by atoms with Crippen LogP contribution in [0.25, 0.3) is 0 Å². The van der Waals surface area contributed by atoms with Crippen molar-refractivity contribution in [3.63, 3.8) is 0 Å². The van der Waals surface area contributed by atoms with Crippen molar-refractivity contribution in [1.29, 1.82) is 0 Å². The van der Waals surface area contributed by atoms with Crippen LogP contribution >= 0.6 is 0 Å². The number of hydrogen-bond donors (Lipinski definition) is 2. The highest BCUT2D eigenvalue weighted by atomic mass is 16.6. The van der Waals surface area contributed by atoms with E-state index in [1.165, 1.54) is 0 Å². The van der Waals surface area contributed by atoms with Crippen molar-refractivity contribution in [1.82, 2.24) is 20.9 Å². The summed E-state index contributed by atoms with van der Waals surface area (Å²) < 4.78 is 10.9. The van der Waals surface area contributed by atoms with E-state index >= 15 is 0 Å². The van der Waals surface area contributed by atoms with E-state index in [4.69, 9.17) is 9.47 Å². The van der Waals surface area contributed by atoms with Crippen molar-refractivity contribution in [2.24, 2.45) is 0 Å². The van der Waals surface area contributed by atoms with Crippen LogP contribution in [0.5, 0.6) is 0 Å². The van der Waals surface area contributed by atoms with Gasteiger partial charge in [-0.05, 0) is 31.9 Å². The van der Waals surface area contributed by atoms with E-state index in [0.717, 1.165) is 16.8 Å². The third kappa shape index (κ3) is 7.84. The average Bonchev–Trinajstić information content (AvgIpc) is 3.10. The van der Waals surface area contributed by atoms with Gasteiger partial charge in [0.25, 0.3) is 0 Å². The third-order valence-electron chi connectivity index (χ3n) is 4.82. The van der Waals surface area contributed by atoms with Gasteiger partial charge in [0.05, 0.1) is 12.2 Å². The van der Waals surface area contributed by atoms with Gasteiger partial charge in [-0.15, -0.1) is 5.53 Å². The van der Waals surface area contributed by atoms with E-state index in [1.807, 2.05) is 83.9 Å². The maximum atomic E-state index is 12.9. The predicted octanol–water partition coefficient (Wildman–Crippen LogP) is 3.72. The van der Waals surface area contributed by atoms with Crippen LogP contribution in [0.2, 0.25) is 0 Å². The van der Waals surface area contributed by atoms with Crippen LogP contribution in [0.15, 0.2) is 72.6 Å². The molecule has 33 heavy (non-hydrogen) atoms. The Labute approximate surface area is 195 Å². The van der Waals surface area contributed by atoms with Gasteiger partial charge in [0.1, 0.15) is 18.2 Å². The van der Waals surface area contributed by atoms with Crippen LogP contribution in [-0.2, 0) is 27.4 Å². The zero-order valence-corrected chi connectivity index (χ0v) is 19.6. The smallest absolute Gasteiger partial charge is 0.408 e. The molecule has 8 nitrogen and oxygen atoms in total. The van der Waals surface area contributed by atoms with Gasteiger partial charge in [-0.1, -0.05) is 60.7 Å². The SMILES string of the molecule is CN1NN(Cc2ccccc2)C=C1C[C@H](NC(=O)OC(C)(C)C)C(=O)OCc1ccccc1. The molecule has 0 aliphatic carbocycles. The summed E-state index contributed by atoms with van der Waals surface area (Å²) >= 11 is 0. The van der Waals surface area contributed by atoms with Gasteiger partial charge >= 0.3 is 12.1 Å². The van der Waals surface area contributed by atoms with Crippen LogP contribution in [0.3, 0.4) is 0 Å². The Morgan fingerprint density at radius 2 is 1.61 bits per heavy atom. The number of rotatable bonds is 8. The van der Waals surface area contributed by atoms with Crippen molar-refractivity contribution >= 4 is 12.1 Å². The second-order valence-electron chi connectivity index (χ2n) is 8.89. The molecule has 0 fully saturated rings. The normalized spacial score (nSPS) is 14.5. The quantitative estimate of drug-likeness (QED) is 0.591. The number of hydrazine groups is 2. The fourth-order valence-electron chi connectivity index (χ4n) is 3.28. The molecule has 2 aromatic rings. The second-order valence-corrected chi connectivity index (χ2v) is 8.89. The Balaban J connectivity index is 1.68. The number of carbonyl (C=O) groups is 2. The molecule has 0 radical (unpaired) electrons. The number of nitrogens with zero attached hydrogens (tertiary/aromatic N) is 2. The zero-order chi connectivity index (χ0) is 23.8. The minimum atomic E-state index is -0.907. The van der Waals surface area contributed by atoms with Gasteiger partial charge in [0, 0.05) is 19.7 Å². The van der Waals surface area contributed by atoms with E-state index in [-0.39, 0.29) is 13.0 Å². The molecule has 2 N–H and O–H groups in total. The van der Waals surface area contributed by atoms with Gasteiger partial charge in [0.2, 0.25) is 0 Å². The standard InChI is InChI=1S/C25H32N4O4/c1-25(2,3)33-24(31)26-22(23(30)32-18-20-13-9-6-10-14-20)15-21-17-29(27-28(21)4)16-19-11-7-5-8-12-19/h5-14,17,22,27H,15-16,18H2,1-4H3,(H,26,31)/t22-/m0/s1. The van der Waals surface area contributed by atoms with Crippen LogP contribution in [0, 0.1) is 0 Å². The molecule has 0 saturated carbocycles. The molecule has 1 amide bonds. The summed E-state index contributed by atoms with van der Waals surface area (Å²) in [5, 5.41) is 6.41. The van der Waals surface area contributed by atoms with E-state index in [1.54, 1.807) is 20.8 Å². The molecule has 0 saturated heterocycles. The first kappa shape index (κ1) is 24.1. The first-order valence-corrected chi connectivity index (χ1v) is 10.9. The lowest BCUT2D eigenvalue weighted by Crippen LogP contribution is -2.45. The monoisotopic (exact) mass is 452 g/mol. The fourth-order valence-corrected chi connectivity index (χ4v) is 3.28. The molecule has 1 aliphatic heterocycles. The van der Waals surface area contributed by atoms with Crippen molar-refractivity contribution in [3.05, 3.63) is 83.7 Å². The van der Waals surface area contributed by atoms with Crippen LogP contribution < -0.4 is 10.9 Å². The van der Waals surface area contributed by atoms with Gasteiger partial charge in [-0.3, -0.25) is 10.0 Å². The summed E-state index contributed by atoms with van der Waals surface area (Å²) in [5.41, 5.74) is 5.38. The molecule has 0 aromatic heterocycles. The Kier molecular flexibility index (Phi) is 7.95. The lowest BCUT2D eigenvalue weighted by Gasteiger charge is -2.25. The Morgan fingerprint density at radius 3 is 2.21 bits per heavy atom. The number of alkyl carbamates (subject to hydrolysis) is 1. The molecular formula is C25H32N4O4. The molecular weight excluding hydrogens is 420 g/mol. The number of amides is 1. The fraction of sp³-hybridized carbons (Fsp3) is 0.360. The van der Waals surface area contributed by atoms with Gasteiger partial charge in [-0.2, -0.15) is 0 Å². The average molecular weight is 453 g/mol. The number of hydrogen-bond acceptors (Lipinski definition) is 7. The summed E-state index contributed by atoms with van der Waals surface area (Å²) in [6.07, 6.45) is 1.49. The molecule has 1 heterocycles. The molecule has 0 unspecified atom stereocenters. The minimum absolute atomic E-state index is 0.124. The van der Waals surface area contributed by atoms with E-state index in [0.29, 0.717) is 6.54 Å². The highest BCUT2D eigenvalue weighted by molar-refractivity contribution is 5.81. The molecule has 0 spiro atoms. The summed E-state index contributed by atoms with van der Waals surface area (Å²) in [6.45, 7) is 6.09. The number of carbonyl (C=O) groups excluding carboxylic acids is 2. The first-order valence-electron chi connectivity index (χ1n) is 10.9. The molecule has 176 valence electrons. The Bertz CT molecular complexity index is 957. The third-order valence-corrected chi connectivity index (χ3v) is 4.82. The summed E-state index contributed by atoms with van der Waals surface area (Å²) in [7, 11) is 1.86. The summed E-state index contributed by atoms with van der Waals surface area (Å²) in [5.74, 6) is -0.527. The number of nitrogens with one attached hydrogen (secondary N) is 2. The van der Waals surface area contributed by atoms with Crippen molar-refractivity contribution in [3.8, 4) is 0 Å². The lowest BCUT2D eigenvalue weighted by molar-refractivity contribution is -0.147. The van der Waals surface area contributed by atoms with Crippen LogP contribution in [-0.4, -0.2) is 40.8 Å². The van der Waals surface area contributed by atoms with Crippen LogP contribution in [0.4, 0.5) is 4.79 Å². The molecule has 2 aromatic carbocycles. The van der Waals surface area contributed by atoms with E-state index < -0.39 is 23.7 Å². The van der Waals surface area contributed by atoms with Crippen molar-refractivity contribution < 1.29 is 19.1 Å². The number of benzene rings is 2. The maximum absolute atomic E-state index is 12.9. The highest BCUT2D eigenvalue weighted by Gasteiger charge is 2.29. The summed E-state index contributed by atoms with van der Waals surface area (Å²) in [6, 6.07) is 18.5. The Hall–Kier alpha value is -3.52. The molecule has 1 aliphatic rings. The lowest BCUT2D eigenvalue weighted by atomic mass is 10.1. The first-order chi connectivity index (χ1) is 15.7. The second kappa shape index (κ2) is 10.9. The van der Waals surface area contributed by atoms with Gasteiger partial charge < -0.3 is 14.8 Å². The van der Waals surface area contributed by atoms with Crippen molar-refractivity contribution in [2.45, 2.75) is 52.0 Å². The predicted molar refractivity (Wildman–Crippen MR) is 125 cm³/mol. The van der Waals surface area contributed by atoms with E-state index in [9.17, 15) is 9.59 Å². The van der Waals surface area contributed by atoms with Crippen molar-refractivity contribution in [2.75, 3.05) is 7.05 Å². The topological polar surface area (TPSA) is 83.1 Å². The molecule has 3 rings (SSSR count). The summed E-state index contributed by atoms with van der Waals surface area (Å²) in [4.78, 5) is 25.3. The maximum Gasteiger partial charge on any atom is 0.408 e. The molecule has 0 bridgehead atoms. The zero-order valence-electron chi connectivity index (χ0n) is 19.6. The van der Waals surface area contributed by atoms with Crippen LogP contribution in [0.1, 0.15) is 38.3 Å². The molecule has 8 heteroatoms. The van der Waals surface area contributed by atoms with Gasteiger partial charge in [0.15, 0.2) is 0 Å². The largest absolute Gasteiger partial charge is 0.459 e. The van der Waals surface area contributed by atoms with E-state index in [2.05, 4.69) is 10.9 Å².